The van der Waals surface area contributed by atoms with Gasteiger partial charge in [-0.2, -0.15) is 0 Å². The van der Waals surface area contributed by atoms with Crippen molar-refractivity contribution in [2.45, 2.75) is 53.2 Å². The van der Waals surface area contributed by atoms with Crippen molar-refractivity contribution in [1.82, 2.24) is 5.32 Å². The molecular formula is C21H27NO2. The molecule has 2 aromatic rings. The summed E-state index contributed by atoms with van der Waals surface area (Å²) in [6.07, 6.45) is -0.534. The van der Waals surface area contributed by atoms with Crippen molar-refractivity contribution >= 4 is 5.91 Å². The smallest absolute Gasteiger partial charge is 0.261 e. The van der Waals surface area contributed by atoms with E-state index in [2.05, 4.69) is 31.3 Å². The largest absolute Gasteiger partial charge is 0.481 e. The number of amides is 1. The minimum Gasteiger partial charge on any atom is -0.481 e. The number of benzene rings is 2. The van der Waals surface area contributed by atoms with Crippen molar-refractivity contribution < 1.29 is 9.53 Å². The van der Waals surface area contributed by atoms with Crippen LogP contribution in [-0.4, -0.2) is 12.0 Å². The second-order valence-electron chi connectivity index (χ2n) is 6.60. The predicted octanol–water partition coefficient (Wildman–Crippen LogP) is 4.51. The standard InChI is InChI=1S/C21H27NO2/c1-14(2)19-11-10-15(3)12-20(19)24-17(5)21(23)22-13-18-9-7-6-8-16(18)4/h6-12,14,17H,13H2,1-5H3,(H,22,23)/t17-/m1/s1. The first-order valence-electron chi connectivity index (χ1n) is 8.48. The molecule has 0 aliphatic rings. The number of hydrogen-bond acceptors (Lipinski definition) is 2. The highest BCUT2D eigenvalue weighted by atomic mass is 16.5. The van der Waals surface area contributed by atoms with E-state index in [1.165, 1.54) is 5.56 Å². The Bertz CT molecular complexity index is 707. The maximum absolute atomic E-state index is 12.4. The summed E-state index contributed by atoms with van der Waals surface area (Å²) in [6.45, 7) is 10.6. The zero-order valence-electron chi connectivity index (χ0n) is 15.2. The number of aryl methyl sites for hydroxylation is 2. The van der Waals surface area contributed by atoms with Crippen LogP contribution in [0.3, 0.4) is 0 Å². The highest BCUT2D eigenvalue weighted by Crippen LogP contribution is 2.28. The minimum absolute atomic E-state index is 0.102. The molecule has 24 heavy (non-hydrogen) atoms. The minimum atomic E-state index is -0.534. The van der Waals surface area contributed by atoms with E-state index in [1.54, 1.807) is 6.92 Å². The van der Waals surface area contributed by atoms with Gasteiger partial charge < -0.3 is 10.1 Å². The number of nitrogens with one attached hydrogen (secondary N) is 1. The van der Waals surface area contributed by atoms with Gasteiger partial charge in [0.15, 0.2) is 6.10 Å². The van der Waals surface area contributed by atoms with Crippen LogP contribution in [-0.2, 0) is 11.3 Å². The van der Waals surface area contributed by atoms with E-state index in [1.807, 2.05) is 44.2 Å². The highest BCUT2D eigenvalue weighted by molar-refractivity contribution is 5.80. The van der Waals surface area contributed by atoms with Crippen LogP contribution in [0.1, 0.15) is 48.9 Å². The summed E-state index contributed by atoms with van der Waals surface area (Å²) < 4.78 is 5.96. The second kappa shape index (κ2) is 8.00. The van der Waals surface area contributed by atoms with Crippen LogP contribution in [0.15, 0.2) is 42.5 Å². The monoisotopic (exact) mass is 325 g/mol. The lowest BCUT2D eigenvalue weighted by molar-refractivity contribution is -0.127. The van der Waals surface area contributed by atoms with Crippen LogP contribution in [0.25, 0.3) is 0 Å². The third-order valence-corrected chi connectivity index (χ3v) is 4.18. The summed E-state index contributed by atoms with van der Waals surface area (Å²) in [6, 6.07) is 14.2. The Morgan fingerprint density at radius 3 is 2.46 bits per heavy atom. The lowest BCUT2D eigenvalue weighted by Gasteiger charge is -2.19. The van der Waals surface area contributed by atoms with Crippen LogP contribution < -0.4 is 10.1 Å². The van der Waals surface area contributed by atoms with E-state index < -0.39 is 6.10 Å². The molecule has 0 heterocycles. The molecule has 0 aliphatic heterocycles. The van der Waals surface area contributed by atoms with Gasteiger partial charge in [0.1, 0.15) is 5.75 Å². The van der Waals surface area contributed by atoms with Crippen molar-refractivity contribution in [3.63, 3.8) is 0 Å². The number of rotatable bonds is 6. The maximum Gasteiger partial charge on any atom is 0.261 e. The van der Waals surface area contributed by atoms with Gasteiger partial charge in [-0.05, 0) is 55.0 Å². The van der Waals surface area contributed by atoms with Crippen molar-refractivity contribution in [2.75, 3.05) is 0 Å². The van der Waals surface area contributed by atoms with Crippen molar-refractivity contribution in [1.29, 1.82) is 0 Å². The molecule has 0 saturated heterocycles. The zero-order chi connectivity index (χ0) is 17.7. The third-order valence-electron chi connectivity index (χ3n) is 4.18. The Kier molecular flexibility index (Phi) is 6.02. The molecule has 0 bridgehead atoms. The van der Waals surface area contributed by atoms with E-state index in [-0.39, 0.29) is 5.91 Å². The van der Waals surface area contributed by atoms with Crippen LogP contribution in [0.2, 0.25) is 0 Å². The molecule has 0 spiro atoms. The Labute approximate surface area is 145 Å². The summed E-state index contributed by atoms with van der Waals surface area (Å²) in [4.78, 5) is 12.4. The summed E-state index contributed by atoms with van der Waals surface area (Å²) in [5.41, 5.74) is 4.55. The Hall–Kier alpha value is -2.29. The van der Waals surface area contributed by atoms with Gasteiger partial charge in [0, 0.05) is 6.54 Å². The van der Waals surface area contributed by atoms with Crippen molar-refractivity contribution in [2.24, 2.45) is 0 Å². The molecule has 2 rings (SSSR count). The third kappa shape index (κ3) is 4.60. The van der Waals surface area contributed by atoms with E-state index in [4.69, 9.17) is 4.74 Å². The topological polar surface area (TPSA) is 38.3 Å². The first kappa shape index (κ1) is 18.1. The molecule has 128 valence electrons. The molecule has 2 aromatic carbocycles. The van der Waals surface area contributed by atoms with Gasteiger partial charge in [0.05, 0.1) is 0 Å². The molecular weight excluding hydrogens is 298 g/mol. The SMILES string of the molecule is Cc1ccc(C(C)C)c(O[C@H](C)C(=O)NCc2ccccc2C)c1. The summed E-state index contributed by atoms with van der Waals surface area (Å²) >= 11 is 0. The Morgan fingerprint density at radius 1 is 1.08 bits per heavy atom. The number of carbonyl (C=O) groups excluding carboxylic acids is 1. The first-order valence-corrected chi connectivity index (χ1v) is 8.48. The van der Waals surface area contributed by atoms with Crippen LogP contribution in [0, 0.1) is 13.8 Å². The zero-order valence-corrected chi connectivity index (χ0v) is 15.2. The number of ether oxygens (including phenoxy) is 1. The van der Waals surface area contributed by atoms with Gasteiger partial charge >= 0.3 is 0 Å². The molecule has 0 unspecified atom stereocenters. The fourth-order valence-electron chi connectivity index (χ4n) is 2.60. The first-order chi connectivity index (χ1) is 11.4. The molecule has 0 aliphatic carbocycles. The van der Waals surface area contributed by atoms with E-state index in [9.17, 15) is 4.79 Å². The van der Waals surface area contributed by atoms with Gasteiger partial charge in [-0.3, -0.25) is 4.79 Å². The van der Waals surface area contributed by atoms with Gasteiger partial charge in [0.25, 0.3) is 5.91 Å². The fourth-order valence-corrected chi connectivity index (χ4v) is 2.60. The van der Waals surface area contributed by atoms with Crippen LogP contribution in [0.5, 0.6) is 5.75 Å². The Balaban J connectivity index is 2.02. The maximum atomic E-state index is 12.4. The van der Waals surface area contributed by atoms with Crippen LogP contribution in [0.4, 0.5) is 0 Å². The van der Waals surface area contributed by atoms with Gasteiger partial charge in [-0.1, -0.05) is 50.2 Å². The molecule has 3 heteroatoms. The van der Waals surface area contributed by atoms with Gasteiger partial charge in [-0.25, -0.2) is 0 Å². The normalized spacial score (nSPS) is 12.1. The van der Waals surface area contributed by atoms with Crippen molar-refractivity contribution in [3.8, 4) is 5.75 Å². The molecule has 0 radical (unpaired) electrons. The molecule has 1 amide bonds. The molecule has 0 fully saturated rings. The predicted molar refractivity (Wildman–Crippen MR) is 98.4 cm³/mol. The van der Waals surface area contributed by atoms with Gasteiger partial charge in [0.2, 0.25) is 0 Å². The quantitative estimate of drug-likeness (QED) is 0.848. The molecule has 1 N–H and O–H groups in total. The lowest BCUT2D eigenvalue weighted by Crippen LogP contribution is -2.36. The molecule has 0 aromatic heterocycles. The molecule has 3 nitrogen and oxygen atoms in total. The average molecular weight is 325 g/mol. The van der Waals surface area contributed by atoms with E-state index in [0.717, 1.165) is 22.4 Å². The Morgan fingerprint density at radius 2 is 1.79 bits per heavy atom. The molecule has 1 atom stereocenters. The second-order valence-corrected chi connectivity index (χ2v) is 6.60. The highest BCUT2D eigenvalue weighted by Gasteiger charge is 2.17. The molecule has 0 saturated carbocycles. The van der Waals surface area contributed by atoms with Gasteiger partial charge in [-0.15, -0.1) is 0 Å². The van der Waals surface area contributed by atoms with E-state index in [0.29, 0.717) is 12.5 Å². The number of hydrogen-bond donors (Lipinski definition) is 1. The summed E-state index contributed by atoms with van der Waals surface area (Å²) in [5, 5.41) is 2.96. The number of carbonyl (C=O) groups is 1. The van der Waals surface area contributed by atoms with Crippen LogP contribution >= 0.6 is 0 Å². The summed E-state index contributed by atoms with van der Waals surface area (Å²) in [5.74, 6) is 1.04. The van der Waals surface area contributed by atoms with Crippen molar-refractivity contribution in [3.05, 3.63) is 64.7 Å². The fraction of sp³-hybridized carbons (Fsp3) is 0.381. The van der Waals surface area contributed by atoms with E-state index >= 15 is 0 Å². The summed E-state index contributed by atoms with van der Waals surface area (Å²) in [7, 11) is 0. The average Bonchev–Trinajstić information content (AvgIpc) is 2.53. The lowest BCUT2D eigenvalue weighted by atomic mass is 10.0.